The van der Waals surface area contributed by atoms with Crippen molar-refractivity contribution in [3.8, 4) is 0 Å². The predicted octanol–water partition coefficient (Wildman–Crippen LogP) is 2.73. The van der Waals surface area contributed by atoms with Gasteiger partial charge in [-0.1, -0.05) is 6.07 Å². The summed E-state index contributed by atoms with van der Waals surface area (Å²) in [6, 6.07) is 3.96. The molecule has 0 aliphatic heterocycles. The van der Waals surface area contributed by atoms with E-state index in [0.717, 1.165) is 4.88 Å². The SMILES string of the molecule is CCOC(=O)NC(C)(C)c1cccs1. The van der Waals surface area contributed by atoms with Gasteiger partial charge >= 0.3 is 6.09 Å². The highest BCUT2D eigenvalue weighted by molar-refractivity contribution is 7.10. The van der Waals surface area contributed by atoms with Crippen LogP contribution in [0.1, 0.15) is 25.6 Å². The normalized spacial score (nSPS) is 11.1. The lowest BCUT2D eigenvalue weighted by Gasteiger charge is -2.24. The second-order valence-corrected chi connectivity index (χ2v) is 4.40. The van der Waals surface area contributed by atoms with Gasteiger partial charge in [0.2, 0.25) is 0 Å². The van der Waals surface area contributed by atoms with Crippen LogP contribution in [0.3, 0.4) is 0 Å². The average molecular weight is 213 g/mol. The van der Waals surface area contributed by atoms with Crippen molar-refractivity contribution in [2.45, 2.75) is 26.3 Å². The number of nitrogens with one attached hydrogen (secondary N) is 1. The number of thiophene rings is 1. The van der Waals surface area contributed by atoms with Crippen LogP contribution >= 0.6 is 11.3 Å². The lowest BCUT2D eigenvalue weighted by Crippen LogP contribution is -2.40. The lowest BCUT2D eigenvalue weighted by atomic mass is 10.0. The predicted molar refractivity (Wildman–Crippen MR) is 57.5 cm³/mol. The summed E-state index contributed by atoms with van der Waals surface area (Å²) in [6.07, 6.45) is -0.370. The Balaban J connectivity index is 2.63. The van der Waals surface area contributed by atoms with Crippen LogP contribution in [0.2, 0.25) is 0 Å². The van der Waals surface area contributed by atoms with Gasteiger partial charge in [-0.05, 0) is 32.2 Å². The van der Waals surface area contributed by atoms with Crippen molar-refractivity contribution in [1.29, 1.82) is 0 Å². The smallest absolute Gasteiger partial charge is 0.407 e. The number of alkyl carbamates (subject to hydrolysis) is 1. The molecule has 0 saturated heterocycles. The van der Waals surface area contributed by atoms with Crippen LogP contribution in [-0.4, -0.2) is 12.7 Å². The Morgan fingerprint density at radius 1 is 1.64 bits per heavy atom. The van der Waals surface area contributed by atoms with Crippen molar-refractivity contribution in [2.24, 2.45) is 0 Å². The minimum atomic E-state index is -0.370. The molecule has 0 fully saturated rings. The fourth-order valence-corrected chi connectivity index (χ4v) is 1.92. The fourth-order valence-electron chi connectivity index (χ4n) is 1.12. The molecule has 0 aliphatic carbocycles. The minimum Gasteiger partial charge on any atom is -0.450 e. The van der Waals surface area contributed by atoms with Gasteiger partial charge in [-0.2, -0.15) is 0 Å². The summed E-state index contributed by atoms with van der Waals surface area (Å²) in [5.74, 6) is 0. The van der Waals surface area contributed by atoms with Gasteiger partial charge in [-0.15, -0.1) is 11.3 Å². The van der Waals surface area contributed by atoms with Gasteiger partial charge in [0.05, 0.1) is 12.1 Å². The van der Waals surface area contributed by atoms with Crippen molar-refractivity contribution >= 4 is 17.4 Å². The van der Waals surface area contributed by atoms with E-state index in [0.29, 0.717) is 6.61 Å². The topological polar surface area (TPSA) is 38.3 Å². The van der Waals surface area contributed by atoms with Gasteiger partial charge in [0.25, 0.3) is 0 Å². The van der Waals surface area contributed by atoms with Crippen LogP contribution in [0.4, 0.5) is 4.79 Å². The second-order valence-electron chi connectivity index (χ2n) is 3.45. The number of carbonyl (C=O) groups excluding carboxylic acids is 1. The van der Waals surface area contributed by atoms with E-state index in [1.165, 1.54) is 0 Å². The molecule has 0 saturated carbocycles. The molecule has 1 aromatic rings. The van der Waals surface area contributed by atoms with Gasteiger partial charge in [-0.3, -0.25) is 0 Å². The number of rotatable bonds is 3. The van der Waals surface area contributed by atoms with E-state index in [1.54, 1.807) is 18.3 Å². The van der Waals surface area contributed by atoms with E-state index in [1.807, 2.05) is 31.4 Å². The van der Waals surface area contributed by atoms with Crippen LogP contribution in [-0.2, 0) is 10.3 Å². The third kappa shape index (κ3) is 2.73. The summed E-state index contributed by atoms with van der Waals surface area (Å²) in [4.78, 5) is 12.3. The summed E-state index contributed by atoms with van der Waals surface area (Å²) in [7, 11) is 0. The Morgan fingerprint density at radius 3 is 2.86 bits per heavy atom. The number of ether oxygens (including phenoxy) is 1. The zero-order chi connectivity index (χ0) is 10.6. The Kier molecular flexibility index (Phi) is 3.52. The minimum absolute atomic E-state index is 0.361. The molecule has 0 radical (unpaired) electrons. The van der Waals surface area contributed by atoms with Gasteiger partial charge in [-0.25, -0.2) is 4.79 Å². The van der Waals surface area contributed by atoms with Crippen molar-refractivity contribution in [3.63, 3.8) is 0 Å². The van der Waals surface area contributed by atoms with E-state index >= 15 is 0 Å². The molecule has 0 bridgehead atoms. The van der Waals surface area contributed by atoms with E-state index in [-0.39, 0.29) is 11.6 Å². The van der Waals surface area contributed by atoms with Crippen LogP contribution in [0.25, 0.3) is 0 Å². The Morgan fingerprint density at radius 2 is 2.36 bits per heavy atom. The van der Waals surface area contributed by atoms with E-state index in [2.05, 4.69) is 5.32 Å². The molecule has 1 amide bonds. The summed E-state index contributed by atoms with van der Waals surface area (Å²) < 4.78 is 4.83. The maximum absolute atomic E-state index is 11.2. The van der Waals surface area contributed by atoms with E-state index in [9.17, 15) is 4.79 Å². The van der Waals surface area contributed by atoms with Crippen LogP contribution in [0.15, 0.2) is 17.5 Å². The summed E-state index contributed by atoms with van der Waals surface area (Å²) >= 11 is 1.62. The Hall–Kier alpha value is -1.03. The Labute approximate surface area is 88.1 Å². The summed E-state index contributed by atoms with van der Waals surface area (Å²) in [5, 5.41) is 4.80. The maximum Gasteiger partial charge on any atom is 0.407 e. The Bertz CT molecular complexity index is 293. The van der Waals surface area contributed by atoms with Gasteiger partial charge in [0.1, 0.15) is 0 Å². The molecule has 78 valence electrons. The molecule has 0 unspecified atom stereocenters. The first kappa shape index (κ1) is 11.0. The van der Waals surface area contributed by atoms with Crippen LogP contribution < -0.4 is 5.32 Å². The molecular formula is C10H15NO2S. The summed E-state index contributed by atoms with van der Waals surface area (Å²) in [6.45, 7) is 6.09. The van der Waals surface area contributed by atoms with Gasteiger partial charge in [0, 0.05) is 4.88 Å². The molecule has 0 aliphatic rings. The maximum atomic E-state index is 11.2. The molecular weight excluding hydrogens is 198 g/mol. The first-order valence-corrected chi connectivity index (χ1v) is 5.43. The highest BCUT2D eigenvalue weighted by Gasteiger charge is 2.24. The highest BCUT2D eigenvalue weighted by atomic mass is 32.1. The molecule has 0 aromatic carbocycles. The first-order valence-electron chi connectivity index (χ1n) is 4.55. The zero-order valence-electron chi connectivity index (χ0n) is 8.66. The molecule has 4 heteroatoms. The van der Waals surface area contributed by atoms with Gasteiger partial charge in [0.15, 0.2) is 0 Å². The summed E-state index contributed by atoms with van der Waals surface area (Å²) in [5.41, 5.74) is -0.361. The number of hydrogen-bond acceptors (Lipinski definition) is 3. The first-order chi connectivity index (χ1) is 6.56. The van der Waals surface area contributed by atoms with E-state index in [4.69, 9.17) is 4.74 Å². The van der Waals surface area contributed by atoms with Crippen molar-refractivity contribution in [1.82, 2.24) is 5.32 Å². The molecule has 1 aromatic heterocycles. The fraction of sp³-hybridized carbons (Fsp3) is 0.500. The monoisotopic (exact) mass is 213 g/mol. The van der Waals surface area contributed by atoms with Crippen LogP contribution in [0, 0.1) is 0 Å². The number of carbonyl (C=O) groups is 1. The molecule has 0 spiro atoms. The third-order valence-electron chi connectivity index (χ3n) is 1.83. The lowest BCUT2D eigenvalue weighted by molar-refractivity contribution is 0.142. The quantitative estimate of drug-likeness (QED) is 0.838. The number of amides is 1. The largest absolute Gasteiger partial charge is 0.450 e. The molecule has 1 heterocycles. The third-order valence-corrected chi connectivity index (χ3v) is 3.02. The molecule has 3 nitrogen and oxygen atoms in total. The van der Waals surface area contributed by atoms with Crippen molar-refractivity contribution in [2.75, 3.05) is 6.61 Å². The van der Waals surface area contributed by atoms with Crippen molar-refractivity contribution < 1.29 is 9.53 Å². The highest BCUT2D eigenvalue weighted by Crippen LogP contribution is 2.24. The average Bonchev–Trinajstić information content (AvgIpc) is 2.54. The second kappa shape index (κ2) is 4.46. The zero-order valence-corrected chi connectivity index (χ0v) is 9.48. The molecule has 14 heavy (non-hydrogen) atoms. The van der Waals surface area contributed by atoms with Gasteiger partial charge < -0.3 is 10.1 Å². The van der Waals surface area contributed by atoms with Crippen LogP contribution in [0.5, 0.6) is 0 Å². The van der Waals surface area contributed by atoms with E-state index < -0.39 is 0 Å². The molecule has 1 rings (SSSR count). The standard InChI is InChI=1S/C10H15NO2S/c1-4-13-9(12)11-10(2,3)8-6-5-7-14-8/h5-7H,4H2,1-3H3,(H,11,12). The van der Waals surface area contributed by atoms with Crippen molar-refractivity contribution in [3.05, 3.63) is 22.4 Å². The molecule has 1 N–H and O–H groups in total. The molecule has 0 atom stereocenters. The number of hydrogen-bond donors (Lipinski definition) is 1.